The van der Waals surface area contributed by atoms with Gasteiger partial charge in [-0.15, -0.1) is 0 Å². The summed E-state index contributed by atoms with van der Waals surface area (Å²) in [6.45, 7) is 2.42. The van der Waals surface area contributed by atoms with Crippen LogP contribution in [-0.4, -0.2) is 15.7 Å². The number of aromatic nitrogens is 2. The molecule has 2 aromatic heterocycles. The highest BCUT2D eigenvalue weighted by molar-refractivity contribution is 5.91. The van der Waals surface area contributed by atoms with Gasteiger partial charge in [-0.2, -0.15) is 5.10 Å². The van der Waals surface area contributed by atoms with Gasteiger partial charge in [0.1, 0.15) is 23.9 Å². The number of nitrogens with one attached hydrogen (secondary N) is 1. The summed E-state index contributed by atoms with van der Waals surface area (Å²) in [5.74, 6) is 0.576. The first-order valence-electron chi connectivity index (χ1n) is 7.76. The number of hydrogen-bond acceptors (Lipinski definition) is 4. The molecule has 0 saturated carbocycles. The van der Waals surface area contributed by atoms with E-state index in [9.17, 15) is 9.18 Å². The summed E-state index contributed by atoms with van der Waals surface area (Å²) in [5, 5.41) is 7.03. The van der Waals surface area contributed by atoms with Crippen molar-refractivity contribution in [2.75, 3.05) is 0 Å². The van der Waals surface area contributed by atoms with Gasteiger partial charge in [0.15, 0.2) is 5.76 Å². The molecule has 0 fully saturated rings. The van der Waals surface area contributed by atoms with Crippen LogP contribution in [0, 0.1) is 12.7 Å². The molecular weight excluding hydrogens is 325 g/mol. The fraction of sp³-hybridized carbons (Fsp3) is 0.222. The fourth-order valence-electron chi connectivity index (χ4n) is 2.24. The predicted octanol–water partition coefficient (Wildman–Crippen LogP) is 2.97. The molecule has 0 aliphatic rings. The van der Waals surface area contributed by atoms with Crippen LogP contribution in [0.5, 0.6) is 5.75 Å². The summed E-state index contributed by atoms with van der Waals surface area (Å²) >= 11 is 0. The molecule has 0 spiro atoms. The second kappa shape index (κ2) is 7.21. The van der Waals surface area contributed by atoms with Crippen LogP contribution in [-0.2, 0) is 20.2 Å². The molecule has 0 saturated heterocycles. The number of carbonyl (C=O) groups is 1. The molecule has 0 aliphatic heterocycles. The van der Waals surface area contributed by atoms with E-state index < -0.39 is 0 Å². The first-order valence-corrected chi connectivity index (χ1v) is 7.76. The highest BCUT2D eigenvalue weighted by Crippen LogP contribution is 2.15. The zero-order valence-corrected chi connectivity index (χ0v) is 14.0. The van der Waals surface area contributed by atoms with Gasteiger partial charge in [0.05, 0.1) is 12.2 Å². The average molecular weight is 343 g/mol. The minimum Gasteiger partial charge on any atom is -0.486 e. The number of aryl methyl sites for hydroxylation is 2. The Bertz CT molecular complexity index is 849. The van der Waals surface area contributed by atoms with Crippen molar-refractivity contribution >= 4 is 5.91 Å². The molecule has 7 heteroatoms. The standard InChI is InChI=1S/C18H18FN3O3/c1-12-9-14(21-22(12)2)10-20-18(23)17-8-7-16(25-17)11-24-15-5-3-13(19)4-6-15/h3-9H,10-11H2,1-2H3,(H,20,23). The maximum Gasteiger partial charge on any atom is 0.287 e. The van der Waals surface area contributed by atoms with E-state index in [1.54, 1.807) is 16.8 Å². The van der Waals surface area contributed by atoms with Crippen molar-refractivity contribution in [3.05, 3.63) is 71.2 Å². The Morgan fingerprint density at radius 1 is 1.28 bits per heavy atom. The third kappa shape index (κ3) is 4.26. The van der Waals surface area contributed by atoms with Crippen molar-refractivity contribution < 1.29 is 18.3 Å². The number of rotatable bonds is 6. The first kappa shape index (κ1) is 16.8. The summed E-state index contributed by atoms with van der Waals surface area (Å²) in [7, 11) is 1.85. The number of furan rings is 1. The number of benzene rings is 1. The van der Waals surface area contributed by atoms with E-state index in [0.717, 1.165) is 11.4 Å². The Morgan fingerprint density at radius 3 is 2.72 bits per heavy atom. The zero-order chi connectivity index (χ0) is 17.8. The van der Waals surface area contributed by atoms with Crippen molar-refractivity contribution in [1.29, 1.82) is 0 Å². The molecule has 1 N–H and O–H groups in total. The van der Waals surface area contributed by atoms with Crippen LogP contribution in [0.3, 0.4) is 0 Å². The van der Waals surface area contributed by atoms with Crippen molar-refractivity contribution in [2.24, 2.45) is 7.05 Å². The van der Waals surface area contributed by atoms with Crippen LogP contribution in [0.25, 0.3) is 0 Å². The van der Waals surface area contributed by atoms with Crippen molar-refractivity contribution in [1.82, 2.24) is 15.1 Å². The largest absolute Gasteiger partial charge is 0.486 e. The van der Waals surface area contributed by atoms with Gasteiger partial charge in [-0.25, -0.2) is 4.39 Å². The number of hydrogen-bond donors (Lipinski definition) is 1. The van der Waals surface area contributed by atoms with Gasteiger partial charge in [0.25, 0.3) is 5.91 Å². The summed E-state index contributed by atoms with van der Waals surface area (Å²) in [5.41, 5.74) is 1.79. The van der Waals surface area contributed by atoms with Gasteiger partial charge in [-0.1, -0.05) is 0 Å². The summed E-state index contributed by atoms with van der Waals surface area (Å²) < 4.78 is 25.5. The molecule has 3 rings (SSSR count). The highest BCUT2D eigenvalue weighted by Gasteiger charge is 2.12. The Kier molecular flexibility index (Phi) is 4.83. The van der Waals surface area contributed by atoms with Gasteiger partial charge in [-0.3, -0.25) is 9.48 Å². The van der Waals surface area contributed by atoms with Crippen molar-refractivity contribution in [3.63, 3.8) is 0 Å². The Hall–Kier alpha value is -3.09. The molecule has 6 nitrogen and oxygen atoms in total. The molecule has 0 bridgehead atoms. The van der Waals surface area contributed by atoms with Crippen LogP contribution < -0.4 is 10.1 Å². The Labute approximate surface area is 144 Å². The normalized spacial score (nSPS) is 10.7. The summed E-state index contributed by atoms with van der Waals surface area (Å²) in [6, 6.07) is 10.9. The lowest BCUT2D eigenvalue weighted by molar-refractivity contribution is 0.0918. The topological polar surface area (TPSA) is 69.3 Å². The van der Waals surface area contributed by atoms with Crippen LogP contribution in [0.15, 0.2) is 46.9 Å². The first-order chi connectivity index (χ1) is 12.0. The van der Waals surface area contributed by atoms with E-state index in [1.807, 2.05) is 20.0 Å². The van der Waals surface area contributed by atoms with Crippen molar-refractivity contribution in [2.45, 2.75) is 20.1 Å². The maximum atomic E-state index is 12.8. The predicted molar refractivity (Wildman–Crippen MR) is 88.6 cm³/mol. The second-order valence-electron chi connectivity index (χ2n) is 5.59. The van der Waals surface area contributed by atoms with Crippen LogP contribution in [0.2, 0.25) is 0 Å². The molecule has 1 amide bonds. The monoisotopic (exact) mass is 343 g/mol. The summed E-state index contributed by atoms with van der Waals surface area (Å²) in [6.07, 6.45) is 0. The van der Waals surface area contributed by atoms with Crippen LogP contribution in [0.4, 0.5) is 4.39 Å². The minimum absolute atomic E-state index is 0.151. The molecule has 0 aliphatic carbocycles. The molecule has 130 valence electrons. The molecule has 1 aromatic carbocycles. The fourth-order valence-corrected chi connectivity index (χ4v) is 2.24. The van der Waals surface area contributed by atoms with E-state index in [0.29, 0.717) is 18.1 Å². The molecule has 2 heterocycles. The Balaban J connectivity index is 1.53. The Morgan fingerprint density at radius 2 is 2.04 bits per heavy atom. The van der Waals surface area contributed by atoms with Crippen molar-refractivity contribution in [3.8, 4) is 5.75 Å². The number of nitrogens with zero attached hydrogens (tertiary/aromatic N) is 2. The maximum absolute atomic E-state index is 12.8. The highest BCUT2D eigenvalue weighted by atomic mass is 19.1. The average Bonchev–Trinajstić information content (AvgIpc) is 3.19. The third-order valence-corrected chi connectivity index (χ3v) is 3.67. The summed E-state index contributed by atoms with van der Waals surface area (Å²) in [4.78, 5) is 12.1. The molecule has 0 atom stereocenters. The molecule has 3 aromatic rings. The number of amides is 1. The van der Waals surface area contributed by atoms with Gasteiger partial charge in [-0.05, 0) is 49.4 Å². The third-order valence-electron chi connectivity index (χ3n) is 3.67. The number of ether oxygens (including phenoxy) is 1. The minimum atomic E-state index is -0.326. The second-order valence-corrected chi connectivity index (χ2v) is 5.59. The molecule has 25 heavy (non-hydrogen) atoms. The van der Waals surface area contributed by atoms with Crippen LogP contribution in [0.1, 0.15) is 27.7 Å². The molecule has 0 radical (unpaired) electrons. The van der Waals surface area contributed by atoms with Crippen LogP contribution >= 0.6 is 0 Å². The van der Waals surface area contributed by atoms with Gasteiger partial charge in [0.2, 0.25) is 0 Å². The van der Waals surface area contributed by atoms with E-state index in [4.69, 9.17) is 9.15 Å². The lowest BCUT2D eigenvalue weighted by Crippen LogP contribution is -2.22. The zero-order valence-electron chi connectivity index (χ0n) is 14.0. The van der Waals surface area contributed by atoms with Gasteiger partial charge < -0.3 is 14.5 Å². The van der Waals surface area contributed by atoms with E-state index >= 15 is 0 Å². The van der Waals surface area contributed by atoms with Gasteiger partial charge >= 0.3 is 0 Å². The number of halogens is 1. The SMILES string of the molecule is Cc1cc(CNC(=O)c2ccc(COc3ccc(F)cc3)o2)nn1C. The lowest BCUT2D eigenvalue weighted by atomic mass is 10.3. The van der Waals surface area contributed by atoms with E-state index in [2.05, 4.69) is 10.4 Å². The van der Waals surface area contributed by atoms with E-state index in [-0.39, 0.29) is 24.1 Å². The lowest BCUT2D eigenvalue weighted by Gasteiger charge is -2.04. The molecule has 0 unspecified atom stereocenters. The quantitative estimate of drug-likeness (QED) is 0.747. The van der Waals surface area contributed by atoms with E-state index in [1.165, 1.54) is 24.3 Å². The van der Waals surface area contributed by atoms with Gasteiger partial charge in [0, 0.05) is 12.7 Å². The smallest absolute Gasteiger partial charge is 0.287 e. The molecular formula is C18H18FN3O3. The number of carbonyl (C=O) groups excluding carboxylic acids is 1.